The third-order valence-electron chi connectivity index (χ3n) is 2.99. The summed E-state index contributed by atoms with van der Waals surface area (Å²) in [6.07, 6.45) is 0.385. The number of carboxylic acids is 5. The number of carboxylic acid groups (broad SMARTS) is 5. The fourth-order valence-corrected chi connectivity index (χ4v) is 1.42. The van der Waals surface area contributed by atoms with Gasteiger partial charge in [-0.25, -0.2) is 0 Å². The molecular weight excluding hydrogens is 522 g/mol. The Morgan fingerprint density at radius 2 is 0.917 bits per heavy atom. The Morgan fingerprint density at radius 3 is 1.08 bits per heavy atom. The van der Waals surface area contributed by atoms with Crippen LogP contribution in [0.4, 0.5) is 0 Å². The van der Waals surface area contributed by atoms with E-state index in [2.05, 4.69) is 36.7 Å². The fraction of sp³-hybridized carbons (Fsp3) is 0.421. The van der Waals surface area contributed by atoms with E-state index in [-0.39, 0.29) is 24.6 Å². The molecule has 0 amide bonds. The maximum atomic E-state index is 10.4. The molecule has 1 aromatic carbocycles. The highest BCUT2D eigenvalue weighted by Crippen LogP contribution is 2.01. The largest absolute Gasteiger partial charge is 0.480 e. The first-order chi connectivity index (χ1) is 16.6. The highest BCUT2D eigenvalue weighted by molar-refractivity contribution is 7.80. The Kier molecular flexibility index (Phi) is 29.8. The van der Waals surface area contributed by atoms with Crippen molar-refractivity contribution in [2.24, 2.45) is 28.7 Å². The zero-order valence-corrected chi connectivity index (χ0v) is 21.0. The number of aliphatic carboxylic acids is 5. The van der Waals surface area contributed by atoms with Crippen LogP contribution in [0.15, 0.2) is 30.3 Å². The summed E-state index contributed by atoms with van der Waals surface area (Å²) < 4.78 is 0. The molecule has 17 heteroatoms. The van der Waals surface area contributed by atoms with Gasteiger partial charge in [-0.2, -0.15) is 25.3 Å². The topological polar surface area (TPSA) is 317 Å². The van der Waals surface area contributed by atoms with Gasteiger partial charge in [-0.3, -0.25) is 24.0 Å². The Morgan fingerprint density at radius 1 is 0.639 bits per heavy atom. The number of rotatable bonds is 9. The van der Waals surface area contributed by atoms with Crippen molar-refractivity contribution in [2.75, 3.05) is 24.6 Å². The third kappa shape index (κ3) is 33.2. The molecule has 1 aromatic rings. The third-order valence-corrected chi connectivity index (χ3v) is 3.78. The van der Waals surface area contributed by atoms with Crippen LogP contribution in [0.1, 0.15) is 5.56 Å². The van der Waals surface area contributed by atoms with Crippen molar-refractivity contribution in [3.63, 3.8) is 0 Å². The number of hydrogen-bond donors (Lipinski definition) is 12. The van der Waals surface area contributed by atoms with E-state index in [9.17, 15) is 24.0 Å². The van der Waals surface area contributed by atoms with Crippen LogP contribution in [-0.2, 0) is 30.4 Å². The van der Waals surface area contributed by atoms with Gasteiger partial charge in [0.05, 0.1) is 13.1 Å². The molecule has 0 fully saturated rings. The van der Waals surface area contributed by atoms with Crippen LogP contribution < -0.4 is 28.7 Å². The van der Waals surface area contributed by atoms with Crippen LogP contribution in [0.3, 0.4) is 0 Å². The Bertz CT molecular complexity index is 725. The molecule has 0 aliphatic heterocycles. The molecule has 36 heavy (non-hydrogen) atoms. The van der Waals surface area contributed by atoms with Crippen molar-refractivity contribution in [1.29, 1.82) is 0 Å². The summed E-state index contributed by atoms with van der Waals surface area (Å²) in [5.41, 5.74) is 25.3. The highest BCUT2D eigenvalue weighted by atomic mass is 32.1. The summed E-state index contributed by atoms with van der Waals surface area (Å²) in [4.78, 5) is 48.4. The second-order valence-electron chi connectivity index (χ2n) is 6.08. The van der Waals surface area contributed by atoms with E-state index < -0.39 is 48.0 Å². The van der Waals surface area contributed by atoms with E-state index in [0.717, 1.165) is 5.56 Å². The first kappa shape index (κ1) is 40.2. The summed E-state index contributed by atoms with van der Waals surface area (Å²) in [5.74, 6) is -4.52. The maximum absolute atomic E-state index is 10.4. The lowest BCUT2D eigenvalue weighted by Gasteiger charge is -2.04. The lowest BCUT2D eigenvalue weighted by atomic mass is 10.1. The molecule has 0 radical (unpaired) electrons. The van der Waals surface area contributed by atoms with Crippen molar-refractivity contribution in [3.8, 4) is 0 Å². The Hall–Kier alpha value is -2.93. The molecule has 0 saturated carbocycles. The van der Waals surface area contributed by atoms with Gasteiger partial charge in [0.1, 0.15) is 18.1 Å². The van der Waals surface area contributed by atoms with Crippen LogP contribution in [0, 0.1) is 0 Å². The highest BCUT2D eigenvalue weighted by Gasteiger charge is 2.11. The van der Waals surface area contributed by atoms with E-state index in [1.807, 2.05) is 30.3 Å². The molecular formula is C19H35N5O10S2. The average molecular weight is 558 g/mol. The monoisotopic (exact) mass is 557 g/mol. The van der Waals surface area contributed by atoms with Crippen LogP contribution in [0.25, 0.3) is 0 Å². The van der Waals surface area contributed by atoms with Gasteiger partial charge < -0.3 is 54.2 Å². The van der Waals surface area contributed by atoms with Gasteiger partial charge in [0, 0.05) is 11.5 Å². The molecule has 208 valence electrons. The molecule has 3 atom stereocenters. The molecule has 0 aliphatic rings. The van der Waals surface area contributed by atoms with Gasteiger partial charge in [0.25, 0.3) is 0 Å². The van der Waals surface area contributed by atoms with Crippen LogP contribution in [0.2, 0.25) is 0 Å². The number of hydrogen-bond acceptors (Lipinski definition) is 12. The van der Waals surface area contributed by atoms with E-state index in [1.54, 1.807) is 0 Å². The normalized spacial score (nSPS) is 11.4. The molecule has 15 N–H and O–H groups in total. The van der Waals surface area contributed by atoms with E-state index in [0.29, 0.717) is 6.42 Å². The molecule has 0 aliphatic carbocycles. The second kappa shape index (κ2) is 26.7. The summed E-state index contributed by atoms with van der Waals surface area (Å²) in [7, 11) is 0. The predicted molar refractivity (Wildman–Crippen MR) is 138 cm³/mol. The molecule has 1 rings (SSSR count). The van der Waals surface area contributed by atoms with Gasteiger partial charge >= 0.3 is 29.8 Å². The molecule has 0 spiro atoms. The van der Waals surface area contributed by atoms with Gasteiger partial charge in [-0.15, -0.1) is 0 Å². The molecule has 15 nitrogen and oxygen atoms in total. The van der Waals surface area contributed by atoms with Crippen molar-refractivity contribution >= 4 is 55.1 Å². The standard InChI is InChI=1S/C9H11NO2.2C3H7NO2S.2C2H5NO2/c10-8(9(11)12)6-7-4-2-1-3-5-7;2*4-2(1-7)3(5)6;2*3-1-2(4)5/h1-5,8H,6,10H2,(H,11,12);2*2,7H,1,4H2,(H,5,6);2*1,3H2,(H,4,5). The molecule has 0 aromatic heterocycles. The van der Waals surface area contributed by atoms with E-state index in [1.165, 1.54) is 0 Å². The first-order valence-corrected chi connectivity index (χ1v) is 10.9. The SMILES string of the molecule is NC(CS)C(=O)O.NC(CS)C(=O)O.NC(Cc1ccccc1)C(=O)O.NCC(=O)O.NCC(=O)O. The minimum absolute atomic E-state index is 0.190. The minimum atomic E-state index is -1.00. The number of benzene rings is 1. The smallest absolute Gasteiger partial charge is 0.321 e. The van der Waals surface area contributed by atoms with Crippen molar-refractivity contribution in [2.45, 2.75) is 24.5 Å². The van der Waals surface area contributed by atoms with Crippen LogP contribution in [-0.4, -0.2) is 98.1 Å². The number of thiol groups is 2. The fourth-order valence-electron chi connectivity index (χ4n) is 1.11. The van der Waals surface area contributed by atoms with Crippen molar-refractivity contribution < 1.29 is 49.5 Å². The summed E-state index contributed by atoms with van der Waals surface area (Å²) in [6.45, 7) is -0.556. The van der Waals surface area contributed by atoms with Crippen LogP contribution in [0.5, 0.6) is 0 Å². The van der Waals surface area contributed by atoms with Gasteiger partial charge in [0.2, 0.25) is 0 Å². The number of carbonyl (C=O) groups is 5. The second-order valence-corrected chi connectivity index (χ2v) is 6.82. The zero-order valence-electron chi connectivity index (χ0n) is 19.2. The van der Waals surface area contributed by atoms with Crippen LogP contribution >= 0.6 is 25.3 Å². The summed E-state index contributed by atoms with van der Waals surface area (Å²) in [5, 5.41) is 39.7. The number of nitrogens with two attached hydrogens (primary N) is 5. The van der Waals surface area contributed by atoms with E-state index in [4.69, 9.17) is 42.7 Å². The van der Waals surface area contributed by atoms with E-state index >= 15 is 0 Å². The minimum Gasteiger partial charge on any atom is -0.480 e. The van der Waals surface area contributed by atoms with Gasteiger partial charge in [0.15, 0.2) is 0 Å². The van der Waals surface area contributed by atoms with Gasteiger partial charge in [-0.1, -0.05) is 30.3 Å². The average Bonchev–Trinajstić information content (AvgIpc) is 2.84. The lowest BCUT2D eigenvalue weighted by molar-refractivity contribution is -0.139. The molecule has 3 unspecified atom stereocenters. The lowest BCUT2D eigenvalue weighted by Crippen LogP contribution is -2.32. The molecule has 0 heterocycles. The summed E-state index contributed by atoms with van der Waals surface area (Å²) >= 11 is 7.30. The Labute approximate surface area is 218 Å². The molecule has 0 bridgehead atoms. The van der Waals surface area contributed by atoms with Gasteiger partial charge in [-0.05, 0) is 12.0 Å². The predicted octanol–water partition coefficient (Wildman–Crippen LogP) is -2.64. The van der Waals surface area contributed by atoms with Crippen molar-refractivity contribution in [3.05, 3.63) is 35.9 Å². The van der Waals surface area contributed by atoms with Crippen molar-refractivity contribution in [1.82, 2.24) is 0 Å². The zero-order chi connectivity index (χ0) is 29.3. The summed E-state index contributed by atoms with van der Waals surface area (Å²) in [6, 6.07) is 6.91. The maximum Gasteiger partial charge on any atom is 0.321 e. The quantitative estimate of drug-likeness (QED) is 0.138. The first-order valence-electron chi connectivity index (χ1n) is 9.65. The molecule has 0 saturated heterocycles. The Balaban J connectivity index is -0.000000187.